The summed E-state index contributed by atoms with van der Waals surface area (Å²) in [7, 11) is 0. The van der Waals surface area contributed by atoms with E-state index in [-0.39, 0.29) is 17.8 Å². The van der Waals surface area contributed by atoms with E-state index in [1.165, 1.54) is 6.07 Å². The lowest BCUT2D eigenvalue weighted by atomic mass is 10.1. The number of aromatic hydroxyl groups is 1. The maximum absolute atomic E-state index is 12.3. The van der Waals surface area contributed by atoms with E-state index < -0.39 is 17.7 Å². The molecule has 0 bridgehead atoms. The number of benzene rings is 1. The molecule has 0 saturated heterocycles. The summed E-state index contributed by atoms with van der Waals surface area (Å²) < 4.78 is 24.5. The molecule has 0 aliphatic carbocycles. The highest BCUT2D eigenvalue weighted by atomic mass is 79.9. The van der Waals surface area contributed by atoms with Gasteiger partial charge in [0.2, 0.25) is 0 Å². The Morgan fingerprint density at radius 2 is 2.13 bits per heavy atom. The van der Waals surface area contributed by atoms with Crippen LogP contribution in [-0.2, 0) is 0 Å². The zero-order valence-corrected chi connectivity index (χ0v) is 9.30. The van der Waals surface area contributed by atoms with Gasteiger partial charge < -0.3 is 5.11 Å². The Kier molecular flexibility index (Phi) is 4.20. The van der Waals surface area contributed by atoms with E-state index in [4.69, 9.17) is 0 Å². The molecule has 82 valence electrons. The van der Waals surface area contributed by atoms with Crippen LogP contribution >= 0.6 is 15.9 Å². The fourth-order valence-electron chi connectivity index (χ4n) is 1.13. The van der Waals surface area contributed by atoms with Gasteiger partial charge in [0.25, 0.3) is 6.43 Å². The molecule has 1 N–H and O–H groups in total. The lowest BCUT2D eigenvalue weighted by molar-refractivity contribution is 0.0988. The van der Waals surface area contributed by atoms with Crippen molar-refractivity contribution in [3.63, 3.8) is 0 Å². The van der Waals surface area contributed by atoms with Crippen LogP contribution in [0.4, 0.5) is 8.78 Å². The molecule has 0 heterocycles. The Morgan fingerprint density at radius 3 is 2.60 bits per heavy atom. The second-order valence-corrected chi connectivity index (χ2v) is 3.73. The molecule has 5 heteroatoms. The van der Waals surface area contributed by atoms with Gasteiger partial charge in [-0.15, -0.1) is 0 Å². The van der Waals surface area contributed by atoms with Crippen molar-refractivity contribution in [3.05, 3.63) is 29.3 Å². The van der Waals surface area contributed by atoms with Crippen molar-refractivity contribution in [2.75, 3.05) is 5.33 Å². The smallest absolute Gasteiger partial charge is 0.267 e. The second kappa shape index (κ2) is 5.21. The minimum atomic E-state index is -2.73. The SMILES string of the molecule is O=C(CCBr)c1ccc(C(F)F)c(O)c1. The molecule has 0 saturated carbocycles. The van der Waals surface area contributed by atoms with Gasteiger partial charge in [0, 0.05) is 17.3 Å². The number of Topliss-reactive ketones (excluding diaryl/α,β-unsaturated/α-hetero) is 1. The molecule has 0 fully saturated rings. The Morgan fingerprint density at radius 1 is 1.47 bits per heavy atom. The average Bonchev–Trinajstić information content (AvgIpc) is 2.17. The van der Waals surface area contributed by atoms with Crippen molar-refractivity contribution >= 4 is 21.7 Å². The number of carbonyl (C=O) groups is 1. The number of ketones is 1. The summed E-state index contributed by atoms with van der Waals surface area (Å²) in [4.78, 5) is 11.3. The monoisotopic (exact) mass is 278 g/mol. The normalized spacial score (nSPS) is 10.7. The maximum atomic E-state index is 12.3. The van der Waals surface area contributed by atoms with E-state index in [0.29, 0.717) is 5.33 Å². The molecule has 0 radical (unpaired) electrons. The summed E-state index contributed by atoms with van der Waals surface area (Å²) in [6, 6.07) is 3.44. The molecule has 0 amide bonds. The summed E-state index contributed by atoms with van der Waals surface area (Å²) in [5.74, 6) is -0.728. The fraction of sp³-hybridized carbons (Fsp3) is 0.300. The van der Waals surface area contributed by atoms with Crippen molar-refractivity contribution in [2.45, 2.75) is 12.8 Å². The molecule has 0 aromatic heterocycles. The third-order valence-electron chi connectivity index (χ3n) is 1.91. The third-order valence-corrected chi connectivity index (χ3v) is 2.31. The van der Waals surface area contributed by atoms with Gasteiger partial charge in [-0.1, -0.05) is 22.0 Å². The molecule has 1 aromatic carbocycles. The van der Waals surface area contributed by atoms with Crippen LogP contribution in [0.3, 0.4) is 0 Å². The van der Waals surface area contributed by atoms with Gasteiger partial charge in [0.1, 0.15) is 5.75 Å². The van der Waals surface area contributed by atoms with Gasteiger partial charge in [-0.3, -0.25) is 4.79 Å². The minimum absolute atomic E-state index is 0.192. The van der Waals surface area contributed by atoms with Crippen LogP contribution in [0.25, 0.3) is 0 Å². The first-order valence-corrected chi connectivity index (χ1v) is 5.38. The first kappa shape index (κ1) is 12.1. The first-order chi connectivity index (χ1) is 7.06. The summed E-state index contributed by atoms with van der Waals surface area (Å²) >= 11 is 3.10. The van der Waals surface area contributed by atoms with Gasteiger partial charge in [-0.2, -0.15) is 0 Å². The summed E-state index contributed by atoms with van der Waals surface area (Å²) in [5, 5.41) is 9.74. The molecule has 0 atom stereocenters. The van der Waals surface area contributed by atoms with E-state index in [0.717, 1.165) is 12.1 Å². The number of phenols is 1. The van der Waals surface area contributed by atoms with Crippen molar-refractivity contribution in [2.24, 2.45) is 0 Å². The van der Waals surface area contributed by atoms with Crippen LogP contribution < -0.4 is 0 Å². The van der Waals surface area contributed by atoms with Crippen LogP contribution in [0.2, 0.25) is 0 Å². The first-order valence-electron chi connectivity index (χ1n) is 4.26. The molecule has 15 heavy (non-hydrogen) atoms. The fourth-order valence-corrected chi connectivity index (χ4v) is 1.49. The van der Waals surface area contributed by atoms with Crippen molar-refractivity contribution < 1.29 is 18.7 Å². The second-order valence-electron chi connectivity index (χ2n) is 2.94. The Balaban J connectivity index is 2.96. The molecular formula is C10H9BrF2O2. The van der Waals surface area contributed by atoms with Gasteiger partial charge in [0.15, 0.2) is 5.78 Å². The predicted molar refractivity (Wildman–Crippen MR) is 55.8 cm³/mol. The molecule has 0 unspecified atom stereocenters. The number of phenolic OH excluding ortho intramolecular Hbond substituents is 1. The number of rotatable bonds is 4. The zero-order chi connectivity index (χ0) is 11.4. The van der Waals surface area contributed by atoms with Gasteiger partial charge in [0.05, 0.1) is 5.56 Å². The molecule has 1 rings (SSSR count). The molecule has 2 nitrogen and oxygen atoms in total. The van der Waals surface area contributed by atoms with E-state index in [2.05, 4.69) is 15.9 Å². The number of halogens is 3. The molecule has 0 aliphatic heterocycles. The number of hydrogen-bond donors (Lipinski definition) is 1. The van der Waals surface area contributed by atoms with Crippen LogP contribution in [0.5, 0.6) is 5.75 Å². The summed E-state index contributed by atoms with van der Waals surface area (Å²) in [5.41, 5.74) is -0.207. The lowest BCUT2D eigenvalue weighted by Gasteiger charge is -2.05. The Hall–Kier alpha value is -0.970. The van der Waals surface area contributed by atoms with Crippen molar-refractivity contribution in [1.82, 2.24) is 0 Å². The molecular weight excluding hydrogens is 270 g/mol. The highest BCUT2D eigenvalue weighted by Gasteiger charge is 2.14. The van der Waals surface area contributed by atoms with Crippen molar-refractivity contribution in [3.8, 4) is 5.75 Å². The quantitative estimate of drug-likeness (QED) is 0.678. The van der Waals surface area contributed by atoms with Crippen LogP contribution in [-0.4, -0.2) is 16.2 Å². The number of carbonyl (C=O) groups excluding carboxylic acids is 1. The highest BCUT2D eigenvalue weighted by Crippen LogP contribution is 2.29. The zero-order valence-electron chi connectivity index (χ0n) is 7.71. The van der Waals surface area contributed by atoms with E-state index >= 15 is 0 Å². The van der Waals surface area contributed by atoms with Crippen LogP contribution in [0.1, 0.15) is 28.8 Å². The Labute approximate surface area is 94.0 Å². The number of hydrogen-bond acceptors (Lipinski definition) is 2. The minimum Gasteiger partial charge on any atom is -0.507 e. The largest absolute Gasteiger partial charge is 0.507 e. The highest BCUT2D eigenvalue weighted by molar-refractivity contribution is 9.09. The molecule has 0 spiro atoms. The third kappa shape index (κ3) is 2.99. The van der Waals surface area contributed by atoms with E-state index in [1.807, 2.05) is 0 Å². The van der Waals surface area contributed by atoms with Crippen molar-refractivity contribution in [1.29, 1.82) is 0 Å². The van der Waals surface area contributed by atoms with Gasteiger partial charge in [-0.25, -0.2) is 8.78 Å². The maximum Gasteiger partial charge on any atom is 0.267 e. The lowest BCUT2D eigenvalue weighted by Crippen LogP contribution is -2.00. The topological polar surface area (TPSA) is 37.3 Å². The standard InChI is InChI=1S/C10H9BrF2O2/c11-4-3-8(14)6-1-2-7(10(12)13)9(15)5-6/h1-2,5,10,15H,3-4H2. The van der Waals surface area contributed by atoms with E-state index in [9.17, 15) is 18.7 Å². The van der Waals surface area contributed by atoms with Gasteiger partial charge in [-0.05, 0) is 12.1 Å². The summed E-state index contributed by atoms with van der Waals surface area (Å²) in [6.07, 6.45) is -2.46. The number of alkyl halides is 3. The van der Waals surface area contributed by atoms with Crippen LogP contribution in [0, 0.1) is 0 Å². The molecule has 0 aliphatic rings. The average molecular weight is 279 g/mol. The Bertz CT molecular complexity index is 366. The van der Waals surface area contributed by atoms with Gasteiger partial charge >= 0.3 is 0 Å². The van der Waals surface area contributed by atoms with Crippen LogP contribution in [0.15, 0.2) is 18.2 Å². The summed E-state index contributed by atoms with van der Waals surface area (Å²) in [6.45, 7) is 0. The molecule has 1 aromatic rings. The predicted octanol–water partition coefficient (Wildman–Crippen LogP) is 3.30. The van der Waals surface area contributed by atoms with E-state index in [1.54, 1.807) is 0 Å².